The molecule has 1 aliphatic rings. The van der Waals surface area contributed by atoms with Crippen molar-refractivity contribution in [3.63, 3.8) is 0 Å². The van der Waals surface area contributed by atoms with Gasteiger partial charge in [-0.05, 0) is 36.8 Å². The third-order valence-electron chi connectivity index (χ3n) is 5.33. The molecule has 1 saturated heterocycles. The van der Waals surface area contributed by atoms with E-state index in [1.54, 1.807) is 19.1 Å². The number of hydrogen-bond donors (Lipinski definition) is 2. The van der Waals surface area contributed by atoms with E-state index < -0.39 is 18.1 Å². The van der Waals surface area contributed by atoms with Crippen LogP contribution >= 0.6 is 0 Å². The Hall–Kier alpha value is -2.93. The van der Waals surface area contributed by atoms with Gasteiger partial charge in [0.15, 0.2) is 0 Å². The van der Waals surface area contributed by atoms with E-state index in [0.29, 0.717) is 13.1 Å². The maximum absolute atomic E-state index is 13.1. The molecule has 2 atom stereocenters. The second-order valence-corrected chi connectivity index (χ2v) is 7.26. The van der Waals surface area contributed by atoms with Crippen molar-refractivity contribution in [1.82, 2.24) is 10.2 Å². The summed E-state index contributed by atoms with van der Waals surface area (Å²) in [5.74, 6) is -1.60. The number of piperazine rings is 1. The normalized spacial score (nSPS) is 16.8. The molecule has 0 aliphatic carbocycles. The molecule has 7 heteroatoms. The van der Waals surface area contributed by atoms with E-state index in [-0.39, 0.29) is 18.1 Å². The zero-order valence-corrected chi connectivity index (χ0v) is 16.4. The molecule has 29 heavy (non-hydrogen) atoms. The lowest BCUT2D eigenvalue weighted by Crippen LogP contribution is -2.56. The number of carbonyl (C=O) groups is 2. The molecule has 0 bridgehead atoms. The third-order valence-corrected chi connectivity index (χ3v) is 5.33. The number of carboxylic acids is 1. The Kier molecular flexibility index (Phi) is 6.82. The Bertz CT molecular complexity index is 821. The molecule has 0 saturated carbocycles. The molecule has 0 aromatic heterocycles. The summed E-state index contributed by atoms with van der Waals surface area (Å²) < 4.78 is 13.1. The average molecular weight is 399 g/mol. The van der Waals surface area contributed by atoms with Crippen molar-refractivity contribution in [3.8, 4) is 0 Å². The Morgan fingerprint density at radius 2 is 1.66 bits per heavy atom. The number of hydrogen-bond acceptors (Lipinski definition) is 4. The first-order chi connectivity index (χ1) is 13.9. The lowest BCUT2D eigenvalue weighted by molar-refractivity contribution is -0.142. The number of nitrogens with zero attached hydrogens (tertiary/aromatic N) is 2. The van der Waals surface area contributed by atoms with E-state index in [2.05, 4.69) is 10.2 Å². The van der Waals surface area contributed by atoms with Crippen LogP contribution in [0.4, 0.5) is 10.1 Å². The van der Waals surface area contributed by atoms with Crippen LogP contribution in [0.15, 0.2) is 54.6 Å². The monoisotopic (exact) mass is 399 g/mol. The lowest BCUT2D eigenvalue weighted by atomic mass is 10.1. The molecule has 2 aromatic carbocycles. The van der Waals surface area contributed by atoms with Crippen molar-refractivity contribution < 1.29 is 19.1 Å². The van der Waals surface area contributed by atoms with Gasteiger partial charge in [0.1, 0.15) is 11.9 Å². The fraction of sp³-hybridized carbons (Fsp3) is 0.364. The summed E-state index contributed by atoms with van der Waals surface area (Å²) in [6, 6.07) is 14.2. The summed E-state index contributed by atoms with van der Waals surface area (Å²) in [5, 5.41) is 12.2. The van der Waals surface area contributed by atoms with Crippen molar-refractivity contribution in [1.29, 1.82) is 0 Å². The number of halogens is 1. The van der Waals surface area contributed by atoms with E-state index in [9.17, 15) is 19.1 Å². The molecule has 3 rings (SSSR count). The van der Waals surface area contributed by atoms with Gasteiger partial charge >= 0.3 is 5.97 Å². The summed E-state index contributed by atoms with van der Waals surface area (Å²) >= 11 is 0. The first-order valence-electron chi connectivity index (χ1n) is 9.75. The second kappa shape index (κ2) is 9.52. The standard InChI is InChI=1S/C22H26FN3O3/c1-16(21(27)24-20(22(28)29)15-17-5-3-2-4-6-17)25-11-13-26(14-12-25)19-9-7-18(23)8-10-19/h2-10,16,20H,11-15H2,1H3,(H,24,27)(H,28,29)/t16?,20-/m1/s1. The fourth-order valence-corrected chi connectivity index (χ4v) is 3.53. The zero-order chi connectivity index (χ0) is 20.8. The summed E-state index contributed by atoms with van der Waals surface area (Å²) in [6.45, 7) is 4.57. The van der Waals surface area contributed by atoms with E-state index in [1.807, 2.05) is 35.2 Å². The highest BCUT2D eigenvalue weighted by Crippen LogP contribution is 2.18. The number of carboxylic acid groups (broad SMARTS) is 1. The van der Waals surface area contributed by atoms with Gasteiger partial charge in [-0.25, -0.2) is 9.18 Å². The average Bonchev–Trinajstić information content (AvgIpc) is 2.74. The maximum atomic E-state index is 13.1. The first-order valence-corrected chi connectivity index (χ1v) is 9.75. The fourth-order valence-electron chi connectivity index (χ4n) is 3.53. The van der Waals surface area contributed by atoms with Gasteiger partial charge in [0.25, 0.3) is 0 Å². The Morgan fingerprint density at radius 3 is 2.24 bits per heavy atom. The topological polar surface area (TPSA) is 72.9 Å². The molecule has 6 nitrogen and oxygen atoms in total. The van der Waals surface area contributed by atoms with Crippen molar-refractivity contribution in [3.05, 3.63) is 66.0 Å². The SMILES string of the molecule is CC(C(=O)N[C@H](Cc1ccccc1)C(=O)O)N1CCN(c2ccc(F)cc2)CC1. The largest absolute Gasteiger partial charge is 0.480 e. The van der Waals surface area contributed by atoms with Crippen LogP contribution in [0.3, 0.4) is 0 Å². The minimum atomic E-state index is -1.05. The van der Waals surface area contributed by atoms with Crippen molar-refractivity contribution in [2.24, 2.45) is 0 Å². The number of nitrogens with one attached hydrogen (secondary N) is 1. The molecule has 1 amide bonds. The minimum Gasteiger partial charge on any atom is -0.480 e. The van der Waals surface area contributed by atoms with Gasteiger partial charge in [-0.15, -0.1) is 0 Å². The van der Waals surface area contributed by atoms with E-state index >= 15 is 0 Å². The van der Waals surface area contributed by atoms with Crippen LogP contribution in [0.25, 0.3) is 0 Å². The Labute approximate surface area is 169 Å². The number of anilines is 1. The van der Waals surface area contributed by atoms with Gasteiger partial charge < -0.3 is 15.3 Å². The van der Waals surface area contributed by atoms with E-state index in [4.69, 9.17) is 0 Å². The van der Waals surface area contributed by atoms with Crippen LogP contribution in [0.1, 0.15) is 12.5 Å². The molecular weight excluding hydrogens is 373 g/mol. The molecule has 1 heterocycles. The van der Waals surface area contributed by atoms with Crippen LogP contribution < -0.4 is 10.2 Å². The zero-order valence-electron chi connectivity index (χ0n) is 16.4. The predicted octanol–water partition coefficient (Wildman–Crippen LogP) is 2.15. The summed E-state index contributed by atoms with van der Waals surface area (Å²) in [4.78, 5) is 28.5. The maximum Gasteiger partial charge on any atom is 0.326 e. The van der Waals surface area contributed by atoms with Gasteiger partial charge in [-0.2, -0.15) is 0 Å². The molecule has 1 fully saturated rings. The lowest BCUT2D eigenvalue weighted by Gasteiger charge is -2.38. The highest BCUT2D eigenvalue weighted by Gasteiger charge is 2.29. The smallest absolute Gasteiger partial charge is 0.326 e. The summed E-state index contributed by atoms with van der Waals surface area (Å²) in [5.41, 5.74) is 1.82. The molecule has 2 N–H and O–H groups in total. The summed E-state index contributed by atoms with van der Waals surface area (Å²) in [7, 11) is 0. The van der Waals surface area contributed by atoms with Crippen LogP contribution in [0.5, 0.6) is 0 Å². The second-order valence-electron chi connectivity index (χ2n) is 7.26. The summed E-state index contributed by atoms with van der Waals surface area (Å²) in [6.07, 6.45) is 0.243. The molecule has 1 aliphatic heterocycles. The highest BCUT2D eigenvalue weighted by molar-refractivity contribution is 5.86. The first kappa shape index (κ1) is 20.8. The van der Waals surface area contributed by atoms with Crippen molar-refractivity contribution in [2.75, 3.05) is 31.1 Å². The molecule has 0 radical (unpaired) electrons. The number of rotatable bonds is 7. The van der Waals surface area contributed by atoms with Gasteiger partial charge in [0, 0.05) is 38.3 Å². The van der Waals surface area contributed by atoms with Gasteiger partial charge in [-0.3, -0.25) is 9.69 Å². The van der Waals surface area contributed by atoms with Crippen LogP contribution in [-0.4, -0.2) is 60.1 Å². The van der Waals surface area contributed by atoms with Crippen LogP contribution in [0.2, 0.25) is 0 Å². The molecule has 2 aromatic rings. The van der Waals surface area contributed by atoms with Crippen LogP contribution in [0, 0.1) is 5.82 Å². The Morgan fingerprint density at radius 1 is 1.03 bits per heavy atom. The minimum absolute atomic E-state index is 0.243. The van der Waals surface area contributed by atoms with Crippen molar-refractivity contribution >= 4 is 17.6 Å². The highest BCUT2D eigenvalue weighted by atomic mass is 19.1. The van der Waals surface area contributed by atoms with Gasteiger partial charge in [-0.1, -0.05) is 30.3 Å². The van der Waals surface area contributed by atoms with E-state index in [0.717, 1.165) is 24.3 Å². The van der Waals surface area contributed by atoms with Gasteiger partial charge in [0.2, 0.25) is 5.91 Å². The molecule has 154 valence electrons. The predicted molar refractivity (Wildman–Crippen MR) is 109 cm³/mol. The number of benzene rings is 2. The molecular formula is C22H26FN3O3. The Balaban J connectivity index is 1.54. The number of aliphatic carboxylic acids is 1. The number of amides is 1. The quantitative estimate of drug-likeness (QED) is 0.747. The third kappa shape index (κ3) is 5.54. The molecule has 0 spiro atoms. The number of carbonyl (C=O) groups excluding carboxylic acids is 1. The molecule has 1 unspecified atom stereocenters. The van der Waals surface area contributed by atoms with Gasteiger partial charge in [0.05, 0.1) is 6.04 Å². The van der Waals surface area contributed by atoms with E-state index in [1.165, 1.54) is 12.1 Å². The van der Waals surface area contributed by atoms with Crippen molar-refractivity contribution in [2.45, 2.75) is 25.4 Å². The van der Waals surface area contributed by atoms with Crippen LogP contribution in [-0.2, 0) is 16.0 Å².